The van der Waals surface area contributed by atoms with E-state index in [1.807, 2.05) is 0 Å². The number of non-ortho nitro benzene ring substituents is 1. The van der Waals surface area contributed by atoms with Crippen molar-refractivity contribution in [3.63, 3.8) is 0 Å². The molecule has 0 saturated carbocycles. The van der Waals surface area contributed by atoms with Crippen molar-refractivity contribution in [2.45, 2.75) is 6.92 Å². The fourth-order valence-corrected chi connectivity index (χ4v) is 2.04. The number of nitrogens with one attached hydrogen (secondary N) is 1. The molecule has 22 heavy (non-hydrogen) atoms. The van der Waals surface area contributed by atoms with Crippen molar-refractivity contribution in [1.29, 1.82) is 0 Å². The van der Waals surface area contributed by atoms with E-state index < -0.39 is 10.8 Å². The minimum atomic E-state index is -0.552. The van der Waals surface area contributed by atoms with Crippen LogP contribution in [-0.4, -0.2) is 17.9 Å². The van der Waals surface area contributed by atoms with Crippen LogP contribution in [0.2, 0.25) is 5.02 Å². The largest absolute Gasteiger partial charge is 0.495 e. The minimum absolute atomic E-state index is 0.146. The third kappa shape index (κ3) is 3.35. The van der Waals surface area contributed by atoms with Crippen molar-refractivity contribution in [3.05, 3.63) is 62.7 Å². The lowest BCUT2D eigenvalue weighted by atomic mass is 10.1. The molecule has 0 aliphatic heterocycles. The molecule has 0 heterocycles. The highest BCUT2D eigenvalue weighted by Gasteiger charge is 2.14. The molecule has 0 atom stereocenters. The molecule has 0 aromatic heterocycles. The van der Waals surface area contributed by atoms with Gasteiger partial charge in [0.25, 0.3) is 11.6 Å². The average Bonchev–Trinajstić information content (AvgIpc) is 2.50. The van der Waals surface area contributed by atoms with Gasteiger partial charge in [-0.3, -0.25) is 14.9 Å². The van der Waals surface area contributed by atoms with Gasteiger partial charge < -0.3 is 10.1 Å². The Morgan fingerprint density at radius 3 is 2.68 bits per heavy atom. The van der Waals surface area contributed by atoms with E-state index in [-0.39, 0.29) is 11.3 Å². The Balaban J connectivity index is 2.31. The summed E-state index contributed by atoms with van der Waals surface area (Å²) in [7, 11) is 1.46. The van der Waals surface area contributed by atoms with Gasteiger partial charge in [0.1, 0.15) is 5.75 Å². The maximum atomic E-state index is 12.2. The van der Waals surface area contributed by atoms with Gasteiger partial charge in [-0.25, -0.2) is 0 Å². The van der Waals surface area contributed by atoms with Crippen LogP contribution in [0, 0.1) is 17.0 Å². The predicted molar refractivity (Wildman–Crippen MR) is 83.8 cm³/mol. The normalized spacial score (nSPS) is 10.1. The topological polar surface area (TPSA) is 81.5 Å². The molecule has 0 saturated heterocycles. The summed E-state index contributed by atoms with van der Waals surface area (Å²) in [6, 6.07) is 8.76. The number of benzene rings is 2. The first-order valence-electron chi connectivity index (χ1n) is 6.32. The average molecular weight is 321 g/mol. The number of ether oxygens (including phenoxy) is 1. The lowest BCUT2D eigenvalue weighted by molar-refractivity contribution is -0.384. The molecule has 0 spiro atoms. The number of methoxy groups -OCH3 is 1. The molecule has 0 aliphatic rings. The van der Waals surface area contributed by atoms with Gasteiger partial charge >= 0.3 is 0 Å². The Morgan fingerprint density at radius 2 is 2.05 bits per heavy atom. The fourth-order valence-electron chi connectivity index (χ4n) is 1.89. The van der Waals surface area contributed by atoms with Gasteiger partial charge in [0, 0.05) is 28.8 Å². The van der Waals surface area contributed by atoms with Crippen molar-refractivity contribution in [1.82, 2.24) is 0 Å². The van der Waals surface area contributed by atoms with Crippen LogP contribution in [0.1, 0.15) is 15.9 Å². The first kappa shape index (κ1) is 15.8. The number of halogens is 1. The molecular weight excluding hydrogens is 308 g/mol. The van der Waals surface area contributed by atoms with E-state index in [9.17, 15) is 14.9 Å². The SMILES string of the molecule is COc1cc(Cl)c(C)cc1NC(=O)c1cccc([N+](=O)[O-])c1. The molecule has 0 unspecified atom stereocenters. The van der Waals surface area contributed by atoms with E-state index in [0.29, 0.717) is 16.5 Å². The minimum Gasteiger partial charge on any atom is -0.495 e. The second-order valence-electron chi connectivity index (χ2n) is 4.56. The number of nitro benzene ring substituents is 1. The number of carbonyl (C=O) groups is 1. The zero-order valence-corrected chi connectivity index (χ0v) is 12.7. The molecule has 6 nitrogen and oxygen atoms in total. The van der Waals surface area contributed by atoms with E-state index in [2.05, 4.69) is 5.32 Å². The molecule has 0 bridgehead atoms. The smallest absolute Gasteiger partial charge is 0.270 e. The molecule has 0 radical (unpaired) electrons. The number of amides is 1. The summed E-state index contributed by atoms with van der Waals surface area (Å²) < 4.78 is 5.17. The van der Waals surface area contributed by atoms with Crippen LogP contribution in [0.4, 0.5) is 11.4 Å². The Kier molecular flexibility index (Phi) is 4.62. The number of aryl methyl sites for hydroxylation is 1. The first-order chi connectivity index (χ1) is 10.4. The summed E-state index contributed by atoms with van der Waals surface area (Å²) in [6.45, 7) is 1.80. The number of carbonyl (C=O) groups excluding carboxylic acids is 1. The summed E-state index contributed by atoms with van der Waals surface area (Å²) >= 11 is 6.01. The Labute approximate surface area is 131 Å². The number of nitro groups is 1. The highest BCUT2D eigenvalue weighted by molar-refractivity contribution is 6.31. The van der Waals surface area contributed by atoms with Crippen LogP contribution in [0.25, 0.3) is 0 Å². The lowest BCUT2D eigenvalue weighted by Crippen LogP contribution is -2.13. The van der Waals surface area contributed by atoms with Crippen LogP contribution in [-0.2, 0) is 0 Å². The lowest BCUT2D eigenvalue weighted by Gasteiger charge is -2.12. The maximum absolute atomic E-state index is 12.2. The molecular formula is C15H13ClN2O4. The fraction of sp³-hybridized carbons (Fsp3) is 0.133. The zero-order valence-electron chi connectivity index (χ0n) is 11.9. The second kappa shape index (κ2) is 6.44. The van der Waals surface area contributed by atoms with Gasteiger partial charge in [0.15, 0.2) is 0 Å². The van der Waals surface area contributed by atoms with Crippen LogP contribution in [0.15, 0.2) is 36.4 Å². The Bertz CT molecular complexity index is 746. The summed E-state index contributed by atoms with van der Waals surface area (Å²) in [5.74, 6) is -0.0573. The van der Waals surface area contributed by atoms with Crippen LogP contribution in [0.3, 0.4) is 0 Å². The van der Waals surface area contributed by atoms with E-state index in [1.165, 1.54) is 31.4 Å². The summed E-state index contributed by atoms with van der Waals surface area (Å²) in [6.07, 6.45) is 0. The molecule has 1 N–H and O–H groups in total. The monoisotopic (exact) mass is 320 g/mol. The molecule has 114 valence electrons. The molecule has 0 fully saturated rings. The molecule has 2 aromatic rings. The van der Waals surface area contributed by atoms with Crippen molar-refractivity contribution >= 4 is 28.9 Å². The maximum Gasteiger partial charge on any atom is 0.270 e. The zero-order chi connectivity index (χ0) is 16.3. The number of rotatable bonds is 4. The number of hydrogen-bond acceptors (Lipinski definition) is 4. The van der Waals surface area contributed by atoms with Gasteiger partial charge in [0.2, 0.25) is 0 Å². The molecule has 1 amide bonds. The van der Waals surface area contributed by atoms with E-state index in [0.717, 1.165) is 5.56 Å². The third-order valence-corrected chi connectivity index (χ3v) is 3.46. The van der Waals surface area contributed by atoms with Crippen molar-refractivity contribution in [2.24, 2.45) is 0 Å². The van der Waals surface area contributed by atoms with Gasteiger partial charge in [-0.2, -0.15) is 0 Å². The van der Waals surface area contributed by atoms with E-state index in [4.69, 9.17) is 16.3 Å². The van der Waals surface area contributed by atoms with E-state index >= 15 is 0 Å². The third-order valence-electron chi connectivity index (χ3n) is 3.05. The Morgan fingerprint density at radius 1 is 1.32 bits per heavy atom. The predicted octanol–water partition coefficient (Wildman–Crippen LogP) is 3.82. The van der Waals surface area contributed by atoms with Gasteiger partial charge in [0.05, 0.1) is 17.7 Å². The van der Waals surface area contributed by atoms with Gasteiger partial charge in [-0.1, -0.05) is 17.7 Å². The number of hydrogen-bond donors (Lipinski definition) is 1. The summed E-state index contributed by atoms with van der Waals surface area (Å²) in [5, 5.41) is 13.9. The highest BCUT2D eigenvalue weighted by atomic mass is 35.5. The molecule has 2 rings (SSSR count). The van der Waals surface area contributed by atoms with Crippen molar-refractivity contribution < 1.29 is 14.5 Å². The Hall–Kier alpha value is -2.60. The number of anilines is 1. The van der Waals surface area contributed by atoms with Crippen molar-refractivity contribution in [3.8, 4) is 5.75 Å². The van der Waals surface area contributed by atoms with Crippen LogP contribution >= 0.6 is 11.6 Å². The standard InChI is InChI=1S/C15H13ClN2O4/c1-9-6-13(14(22-2)8-12(9)16)17-15(19)10-4-3-5-11(7-10)18(20)21/h3-8H,1-2H3,(H,17,19). The summed E-state index contributed by atoms with van der Waals surface area (Å²) in [4.78, 5) is 22.4. The van der Waals surface area contributed by atoms with Gasteiger partial charge in [-0.05, 0) is 24.6 Å². The quantitative estimate of drug-likeness (QED) is 0.686. The first-order valence-corrected chi connectivity index (χ1v) is 6.70. The van der Waals surface area contributed by atoms with Gasteiger partial charge in [-0.15, -0.1) is 0 Å². The van der Waals surface area contributed by atoms with Crippen molar-refractivity contribution in [2.75, 3.05) is 12.4 Å². The highest BCUT2D eigenvalue weighted by Crippen LogP contribution is 2.31. The molecule has 2 aromatic carbocycles. The number of nitrogens with zero attached hydrogens (tertiary/aromatic N) is 1. The second-order valence-corrected chi connectivity index (χ2v) is 4.97. The molecule has 0 aliphatic carbocycles. The van der Waals surface area contributed by atoms with Crippen LogP contribution < -0.4 is 10.1 Å². The van der Waals surface area contributed by atoms with Crippen LogP contribution in [0.5, 0.6) is 5.75 Å². The summed E-state index contributed by atoms with van der Waals surface area (Å²) in [5.41, 5.74) is 1.26. The molecule has 7 heteroatoms. The van der Waals surface area contributed by atoms with E-state index in [1.54, 1.807) is 19.1 Å².